The van der Waals surface area contributed by atoms with Crippen molar-refractivity contribution in [3.05, 3.63) is 24.3 Å². The molecule has 0 saturated carbocycles. The molecule has 2 N–H and O–H groups in total. The standard InChI is InChI=1S/C11H19NO2/c1-3-4-5-8-11(14)12-9-6-7-10(2)13/h3-5,8,10,13H,6-7,9H2,1-2H3,(H,12,14). The van der Waals surface area contributed by atoms with Crippen molar-refractivity contribution in [3.8, 4) is 0 Å². The summed E-state index contributed by atoms with van der Waals surface area (Å²) < 4.78 is 0. The average Bonchev–Trinajstić information content (AvgIpc) is 2.13. The lowest BCUT2D eigenvalue weighted by atomic mass is 10.2. The lowest BCUT2D eigenvalue weighted by Crippen LogP contribution is -2.22. The number of aliphatic hydroxyl groups excluding tert-OH is 1. The zero-order valence-electron chi connectivity index (χ0n) is 8.86. The highest BCUT2D eigenvalue weighted by Gasteiger charge is 1.96. The van der Waals surface area contributed by atoms with Gasteiger partial charge in [-0.3, -0.25) is 4.79 Å². The van der Waals surface area contributed by atoms with Gasteiger partial charge in [-0.25, -0.2) is 0 Å². The Bertz CT molecular complexity index is 207. The smallest absolute Gasteiger partial charge is 0.243 e. The van der Waals surface area contributed by atoms with Crippen LogP contribution in [0.1, 0.15) is 26.7 Å². The Morgan fingerprint density at radius 3 is 2.79 bits per heavy atom. The number of hydrogen-bond donors (Lipinski definition) is 2. The van der Waals surface area contributed by atoms with Crippen LogP contribution >= 0.6 is 0 Å². The molecular formula is C11H19NO2. The Morgan fingerprint density at radius 1 is 1.50 bits per heavy atom. The molecule has 0 aromatic carbocycles. The SMILES string of the molecule is CC=CC=CC(=O)NCCCC(C)O. The van der Waals surface area contributed by atoms with Crippen LogP contribution in [0.25, 0.3) is 0 Å². The van der Waals surface area contributed by atoms with Gasteiger partial charge in [0.05, 0.1) is 6.10 Å². The lowest BCUT2D eigenvalue weighted by molar-refractivity contribution is -0.116. The molecule has 0 aliphatic heterocycles. The topological polar surface area (TPSA) is 49.3 Å². The molecule has 80 valence electrons. The highest BCUT2D eigenvalue weighted by Crippen LogP contribution is 1.93. The van der Waals surface area contributed by atoms with E-state index in [0.717, 1.165) is 12.8 Å². The number of nitrogens with one attached hydrogen (secondary N) is 1. The second-order valence-corrected chi connectivity index (χ2v) is 3.17. The molecule has 3 heteroatoms. The Kier molecular flexibility index (Phi) is 7.84. The molecule has 0 aliphatic rings. The van der Waals surface area contributed by atoms with Crippen LogP contribution < -0.4 is 5.32 Å². The third kappa shape index (κ3) is 9.00. The summed E-state index contributed by atoms with van der Waals surface area (Å²) in [5, 5.41) is 11.7. The van der Waals surface area contributed by atoms with Gasteiger partial charge in [0, 0.05) is 12.6 Å². The number of amides is 1. The summed E-state index contributed by atoms with van der Waals surface area (Å²) in [6.45, 7) is 4.25. The number of allylic oxidation sites excluding steroid dienone is 3. The van der Waals surface area contributed by atoms with E-state index in [0.29, 0.717) is 6.54 Å². The van der Waals surface area contributed by atoms with E-state index in [4.69, 9.17) is 5.11 Å². The maximum Gasteiger partial charge on any atom is 0.243 e. The van der Waals surface area contributed by atoms with Crippen LogP contribution in [-0.4, -0.2) is 23.7 Å². The zero-order valence-corrected chi connectivity index (χ0v) is 8.86. The van der Waals surface area contributed by atoms with Gasteiger partial charge in [-0.2, -0.15) is 0 Å². The fraction of sp³-hybridized carbons (Fsp3) is 0.545. The molecule has 0 aliphatic carbocycles. The van der Waals surface area contributed by atoms with Crippen molar-refractivity contribution in [3.63, 3.8) is 0 Å². The number of hydrogen-bond acceptors (Lipinski definition) is 2. The minimum absolute atomic E-state index is 0.0892. The van der Waals surface area contributed by atoms with Gasteiger partial charge in [-0.1, -0.05) is 18.2 Å². The quantitative estimate of drug-likeness (QED) is 0.384. The van der Waals surface area contributed by atoms with E-state index in [1.165, 1.54) is 6.08 Å². The normalized spacial score (nSPS) is 13.6. The average molecular weight is 197 g/mol. The molecule has 1 atom stereocenters. The van der Waals surface area contributed by atoms with Crippen LogP contribution in [0.5, 0.6) is 0 Å². The van der Waals surface area contributed by atoms with E-state index in [1.54, 1.807) is 19.1 Å². The van der Waals surface area contributed by atoms with Crippen molar-refractivity contribution < 1.29 is 9.90 Å². The van der Waals surface area contributed by atoms with Crippen molar-refractivity contribution in [2.45, 2.75) is 32.8 Å². The molecule has 0 spiro atoms. The van der Waals surface area contributed by atoms with Crippen LogP contribution in [0.3, 0.4) is 0 Å². The molecule has 3 nitrogen and oxygen atoms in total. The van der Waals surface area contributed by atoms with Crippen LogP contribution in [0.15, 0.2) is 24.3 Å². The highest BCUT2D eigenvalue weighted by molar-refractivity contribution is 5.87. The molecule has 0 rings (SSSR count). The number of carbonyl (C=O) groups excluding carboxylic acids is 1. The predicted octanol–water partition coefficient (Wildman–Crippen LogP) is 1.40. The van der Waals surface area contributed by atoms with Gasteiger partial charge < -0.3 is 10.4 Å². The molecule has 0 fully saturated rings. The fourth-order valence-corrected chi connectivity index (χ4v) is 0.922. The summed E-state index contributed by atoms with van der Waals surface area (Å²) in [5.74, 6) is -0.0892. The molecule has 14 heavy (non-hydrogen) atoms. The van der Waals surface area contributed by atoms with Crippen LogP contribution in [-0.2, 0) is 4.79 Å². The van der Waals surface area contributed by atoms with Gasteiger partial charge in [0.1, 0.15) is 0 Å². The maximum absolute atomic E-state index is 11.1. The Labute approximate surface area is 85.5 Å². The van der Waals surface area contributed by atoms with Crippen LogP contribution in [0.4, 0.5) is 0 Å². The summed E-state index contributed by atoms with van der Waals surface area (Å²) in [4.78, 5) is 11.1. The number of aliphatic hydroxyl groups is 1. The molecule has 0 aromatic rings. The second kappa shape index (κ2) is 8.51. The van der Waals surface area contributed by atoms with Crippen molar-refractivity contribution in [1.82, 2.24) is 5.32 Å². The third-order valence-electron chi connectivity index (χ3n) is 1.65. The molecule has 0 aromatic heterocycles. The van der Waals surface area contributed by atoms with Crippen molar-refractivity contribution in [2.24, 2.45) is 0 Å². The van der Waals surface area contributed by atoms with E-state index < -0.39 is 0 Å². The molecule has 0 radical (unpaired) electrons. The van der Waals surface area contributed by atoms with E-state index in [9.17, 15) is 4.79 Å². The largest absolute Gasteiger partial charge is 0.393 e. The van der Waals surface area contributed by atoms with Crippen molar-refractivity contribution >= 4 is 5.91 Å². The van der Waals surface area contributed by atoms with E-state index in [2.05, 4.69) is 5.32 Å². The van der Waals surface area contributed by atoms with E-state index >= 15 is 0 Å². The van der Waals surface area contributed by atoms with Crippen LogP contribution in [0, 0.1) is 0 Å². The summed E-state index contributed by atoms with van der Waals surface area (Å²) in [6.07, 6.45) is 8.09. The first-order valence-electron chi connectivity index (χ1n) is 4.92. The summed E-state index contributed by atoms with van der Waals surface area (Å²) in [6, 6.07) is 0. The Hall–Kier alpha value is -1.09. The first-order valence-corrected chi connectivity index (χ1v) is 4.92. The summed E-state index contributed by atoms with van der Waals surface area (Å²) in [5.41, 5.74) is 0. The third-order valence-corrected chi connectivity index (χ3v) is 1.65. The lowest BCUT2D eigenvalue weighted by Gasteiger charge is -2.03. The molecule has 0 heterocycles. The van der Waals surface area contributed by atoms with Crippen LogP contribution in [0.2, 0.25) is 0 Å². The number of carbonyl (C=O) groups is 1. The van der Waals surface area contributed by atoms with Gasteiger partial charge >= 0.3 is 0 Å². The first-order chi connectivity index (χ1) is 6.66. The zero-order chi connectivity index (χ0) is 10.8. The second-order valence-electron chi connectivity index (χ2n) is 3.17. The summed E-state index contributed by atoms with van der Waals surface area (Å²) >= 11 is 0. The monoisotopic (exact) mass is 197 g/mol. The van der Waals surface area contributed by atoms with Gasteiger partial charge in [0.15, 0.2) is 0 Å². The highest BCUT2D eigenvalue weighted by atomic mass is 16.3. The first kappa shape index (κ1) is 12.9. The van der Waals surface area contributed by atoms with Gasteiger partial charge in [-0.15, -0.1) is 0 Å². The maximum atomic E-state index is 11.1. The van der Waals surface area contributed by atoms with Gasteiger partial charge in [0.2, 0.25) is 5.91 Å². The Balaban J connectivity index is 3.45. The number of rotatable bonds is 6. The summed E-state index contributed by atoms with van der Waals surface area (Å²) in [7, 11) is 0. The molecule has 0 bridgehead atoms. The molecule has 1 amide bonds. The van der Waals surface area contributed by atoms with Crippen molar-refractivity contribution in [2.75, 3.05) is 6.54 Å². The minimum Gasteiger partial charge on any atom is -0.393 e. The van der Waals surface area contributed by atoms with Gasteiger partial charge in [-0.05, 0) is 26.7 Å². The molecule has 0 saturated heterocycles. The fourth-order valence-electron chi connectivity index (χ4n) is 0.922. The Morgan fingerprint density at radius 2 is 2.21 bits per heavy atom. The van der Waals surface area contributed by atoms with E-state index in [-0.39, 0.29) is 12.0 Å². The minimum atomic E-state index is -0.287. The molecule has 1 unspecified atom stereocenters. The molecular weight excluding hydrogens is 178 g/mol. The van der Waals surface area contributed by atoms with E-state index in [1.807, 2.05) is 13.0 Å². The predicted molar refractivity (Wildman–Crippen MR) is 57.9 cm³/mol. The van der Waals surface area contributed by atoms with Gasteiger partial charge in [0.25, 0.3) is 0 Å². The van der Waals surface area contributed by atoms with Crippen molar-refractivity contribution in [1.29, 1.82) is 0 Å².